The van der Waals surface area contributed by atoms with E-state index in [1.807, 2.05) is 54.8 Å². The van der Waals surface area contributed by atoms with E-state index in [0.29, 0.717) is 30.1 Å². The molecule has 2 saturated heterocycles. The molecule has 37 heavy (non-hydrogen) atoms. The van der Waals surface area contributed by atoms with Crippen molar-refractivity contribution < 1.29 is 19.1 Å². The van der Waals surface area contributed by atoms with Crippen molar-refractivity contribution in [2.45, 2.75) is 45.8 Å². The maximum absolute atomic E-state index is 13.9. The molecule has 0 saturated carbocycles. The standard InChI is InChI=1S/C29H34N4O4/c1-17-23-16-33(24(17)15-32(23)27(35)18-10-12-20(37-5)13-11-18)28(36)25(29(2,3)4)31-26(34)22-14-19-8-6-7-9-21(19)30-22/h6-14,17,23-25,30H,15-16H2,1-5H3,(H,31,34). The van der Waals surface area contributed by atoms with Gasteiger partial charge in [-0.15, -0.1) is 0 Å². The molecule has 4 atom stereocenters. The highest BCUT2D eigenvalue weighted by molar-refractivity contribution is 6.00. The molecule has 1 aromatic heterocycles. The molecule has 8 nitrogen and oxygen atoms in total. The van der Waals surface area contributed by atoms with Crippen LogP contribution >= 0.6 is 0 Å². The van der Waals surface area contributed by atoms with Crippen LogP contribution in [0.3, 0.4) is 0 Å². The Morgan fingerprint density at radius 1 is 1.00 bits per heavy atom. The monoisotopic (exact) mass is 502 g/mol. The molecule has 2 N–H and O–H groups in total. The van der Waals surface area contributed by atoms with Gasteiger partial charge in [0, 0.05) is 35.5 Å². The number of H-pyrrole nitrogens is 1. The number of likely N-dealkylation sites (tertiary alicyclic amines) is 2. The fourth-order valence-electron chi connectivity index (χ4n) is 5.63. The highest BCUT2D eigenvalue weighted by atomic mass is 16.5. The Labute approximate surface area is 217 Å². The van der Waals surface area contributed by atoms with E-state index in [0.717, 1.165) is 10.9 Å². The van der Waals surface area contributed by atoms with Crippen LogP contribution in [0.5, 0.6) is 5.75 Å². The van der Waals surface area contributed by atoms with Crippen LogP contribution in [0.25, 0.3) is 10.9 Å². The molecule has 2 bridgehead atoms. The van der Waals surface area contributed by atoms with Crippen LogP contribution in [-0.2, 0) is 4.79 Å². The van der Waals surface area contributed by atoms with Crippen LogP contribution in [0.2, 0.25) is 0 Å². The molecular formula is C29H34N4O4. The van der Waals surface area contributed by atoms with Gasteiger partial charge in [-0.1, -0.05) is 45.9 Å². The minimum Gasteiger partial charge on any atom is -0.497 e. The number of fused-ring (bicyclic) bond motifs is 3. The third-order valence-corrected chi connectivity index (χ3v) is 7.83. The number of hydrogen-bond donors (Lipinski definition) is 2. The molecule has 3 amide bonds. The largest absolute Gasteiger partial charge is 0.497 e. The Bertz CT molecular complexity index is 1310. The summed E-state index contributed by atoms with van der Waals surface area (Å²) in [5.41, 5.74) is 1.41. The minimum atomic E-state index is -0.705. The van der Waals surface area contributed by atoms with Gasteiger partial charge in [-0.3, -0.25) is 14.4 Å². The summed E-state index contributed by atoms with van der Waals surface area (Å²) >= 11 is 0. The molecule has 2 aromatic carbocycles. The van der Waals surface area contributed by atoms with Crippen LogP contribution in [0.1, 0.15) is 48.5 Å². The first kappa shape index (κ1) is 24.9. The van der Waals surface area contributed by atoms with Crippen molar-refractivity contribution in [1.29, 1.82) is 0 Å². The van der Waals surface area contributed by atoms with Crippen LogP contribution in [-0.4, -0.2) is 70.8 Å². The van der Waals surface area contributed by atoms with Gasteiger partial charge in [-0.25, -0.2) is 0 Å². The molecule has 2 aliphatic rings. The summed E-state index contributed by atoms with van der Waals surface area (Å²) in [6.07, 6.45) is 0. The summed E-state index contributed by atoms with van der Waals surface area (Å²) in [5.74, 6) is 0.406. The van der Waals surface area contributed by atoms with Gasteiger partial charge in [0.1, 0.15) is 17.5 Å². The summed E-state index contributed by atoms with van der Waals surface area (Å²) in [5, 5.41) is 3.95. The number of para-hydroxylation sites is 1. The van der Waals surface area contributed by atoms with E-state index < -0.39 is 11.5 Å². The lowest BCUT2D eigenvalue weighted by molar-refractivity contribution is -0.138. The van der Waals surface area contributed by atoms with Crippen molar-refractivity contribution in [3.63, 3.8) is 0 Å². The van der Waals surface area contributed by atoms with Crippen molar-refractivity contribution >= 4 is 28.6 Å². The average molecular weight is 503 g/mol. The van der Waals surface area contributed by atoms with Crippen molar-refractivity contribution in [2.75, 3.05) is 20.2 Å². The average Bonchev–Trinajstić information content (AvgIpc) is 3.56. The number of amides is 3. The summed E-state index contributed by atoms with van der Waals surface area (Å²) in [6, 6.07) is 15.8. The number of aromatic nitrogens is 1. The van der Waals surface area contributed by atoms with E-state index in [4.69, 9.17) is 4.74 Å². The maximum atomic E-state index is 13.9. The highest BCUT2D eigenvalue weighted by Gasteiger charge is 2.54. The molecule has 2 fully saturated rings. The molecule has 3 heterocycles. The second-order valence-electron chi connectivity index (χ2n) is 11.2. The molecule has 4 unspecified atom stereocenters. The molecule has 194 valence electrons. The second-order valence-corrected chi connectivity index (χ2v) is 11.2. The number of nitrogens with zero attached hydrogens (tertiary/aromatic N) is 2. The number of hydrogen-bond acceptors (Lipinski definition) is 4. The van der Waals surface area contributed by atoms with Gasteiger partial charge < -0.3 is 24.8 Å². The number of rotatable bonds is 5. The van der Waals surface area contributed by atoms with Crippen LogP contribution < -0.4 is 10.1 Å². The molecule has 0 spiro atoms. The first-order valence-corrected chi connectivity index (χ1v) is 12.7. The third kappa shape index (κ3) is 4.45. The molecule has 3 aromatic rings. The zero-order valence-corrected chi connectivity index (χ0v) is 21.9. The number of piperazine rings is 1. The normalized spacial score (nSPS) is 21.8. The predicted octanol–water partition coefficient (Wildman–Crippen LogP) is 3.69. The lowest BCUT2D eigenvalue weighted by Crippen LogP contribution is -2.59. The molecular weight excluding hydrogens is 468 g/mol. The molecule has 0 radical (unpaired) electrons. The van der Waals surface area contributed by atoms with E-state index in [-0.39, 0.29) is 35.7 Å². The number of benzene rings is 2. The quantitative estimate of drug-likeness (QED) is 0.556. The van der Waals surface area contributed by atoms with Gasteiger partial charge in [0.2, 0.25) is 5.91 Å². The Balaban J connectivity index is 1.31. The third-order valence-electron chi connectivity index (χ3n) is 7.83. The van der Waals surface area contributed by atoms with Crippen molar-refractivity contribution in [2.24, 2.45) is 11.3 Å². The van der Waals surface area contributed by atoms with Crippen molar-refractivity contribution in [1.82, 2.24) is 20.1 Å². The Morgan fingerprint density at radius 3 is 2.24 bits per heavy atom. The summed E-state index contributed by atoms with van der Waals surface area (Å²) in [6.45, 7) is 8.91. The molecule has 5 rings (SSSR count). The van der Waals surface area contributed by atoms with E-state index >= 15 is 0 Å². The van der Waals surface area contributed by atoms with E-state index in [9.17, 15) is 14.4 Å². The predicted molar refractivity (Wildman–Crippen MR) is 141 cm³/mol. The SMILES string of the molecule is COc1ccc(C(=O)N2CC3C(C)C2CN3C(=O)C(NC(=O)c2cc3ccccc3[nH]2)C(C)(C)C)cc1. The fraction of sp³-hybridized carbons (Fsp3) is 0.414. The summed E-state index contributed by atoms with van der Waals surface area (Å²) in [7, 11) is 1.59. The summed E-state index contributed by atoms with van der Waals surface area (Å²) in [4.78, 5) is 47.2. The first-order chi connectivity index (χ1) is 17.6. The first-order valence-electron chi connectivity index (χ1n) is 12.7. The Hall–Kier alpha value is -3.81. The molecule has 0 aliphatic carbocycles. The topological polar surface area (TPSA) is 94.7 Å². The van der Waals surface area contributed by atoms with Crippen LogP contribution in [0.15, 0.2) is 54.6 Å². The van der Waals surface area contributed by atoms with E-state index in [1.54, 1.807) is 37.4 Å². The molecule has 2 aliphatic heterocycles. The van der Waals surface area contributed by atoms with Gasteiger partial charge in [0.05, 0.1) is 19.2 Å². The van der Waals surface area contributed by atoms with Crippen LogP contribution in [0, 0.1) is 11.3 Å². The zero-order valence-electron chi connectivity index (χ0n) is 21.9. The van der Waals surface area contributed by atoms with Gasteiger partial charge >= 0.3 is 0 Å². The lowest BCUT2D eigenvalue weighted by Gasteiger charge is -2.39. The number of carbonyl (C=O) groups is 3. The van der Waals surface area contributed by atoms with E-state index in [1.165, 1.54) is 0 Å². The maximum Gasteiger partial charge on any atom is 0.268 e. The lowest BCUT2D eigenvalue weighted by atomic mass is 9.85. The number of aromatic amines is 1. The number of carbonyl (C=O) groups excluding carboxylic acids is 3. The Morgan fingerprint density at radius 2 is 1.65 bits per heavy atom. The fourth-order valence-corrected chi connectivity index (χ4v) is 5.63. The van der Waals surface area contributed by atoms with Crippen molar-refractivity contribution in [3.8, 4) is 5.75 Å². The number of nitrogens with one attached hydrogen (secondary N) is 2. The van der Waals surface area contributed by atoms with E-state index in [2.05, 4.69) is 17.2 Å². The highest BCUT2D eigenvalue weighted by Crippen LogP contribution is 2.38. The minimum absolute atomic E-state index is 0.0337. The summed E-state index contributed by atoms with van der Waals surface area (Å²) < 4.78 is 5.20. The van der Waals surface area contributed by atoms with Gasteiger partial charge in [-0.05, 0) is 41.8 Å². The zero-order chi connectivity index (χ0) is 26.5. The number of ether oxygens (including phenoxy) is 1. The van der Waals surface area contributed by atoms with Gasteiger partial charge in [0.25, 0.3) is 11.8 Å². The van der Waals surface area contributed by atoms with Crippen molar-refractivity contribution in [3.05, 3.63) is 65.9 Å². The van der Waals surface area contributed by atoms with Gasteiger partial charge in [-0.2, -0.15) is 0 Å². The Kier molecular flexibility index (Phi) is 6.22. The van der Waals surface area contributed by atoms with Gasteiger partial charge in [0.15, 0.2) is 0 Å². The smallest absolute Gasteiger partial charge is 0.268 e. The second kappa shape index (κ2) is 9.25. The molecule has 8 heteroatoms. The number of methoxy groups -OCH3 is 1. The van der Waals surface area contributed by atoms with Crippen LogP contribution in [0.4, 0.5) is 0 Å².